The Labute approximate surface area is 175 Å². The third kappa shape index (κ3) is 4.13. The maximum Gasteiger partial charge on any atom is 0.359 e. The Kier molecular flexibility index (Phi) is 5.67. The first kappa shape index (κ1) is 19.5. The summed E-state index contributed by atoms with van der Waals surface area (Å²) in [6.45, 7) is -0.0706. The van der Waals surface area contributed by atoms with E-state index in [0.29, 0.717) is 23.0 Å². The van der Waals surface area contributed by atoms with Gasteiger partial charge in [-0.3, -0.25) is 9.59 Å². The Morgan fingerprint density at radius 1 is 0.967 bits per heavy atom. The number of ether oxygens (including phenoxy) is 1. The standard InChI is InChI=1S/C22H17N3O4S/c26-19(23-13-16-9-6-12-30-16)14-29-22(28)20-17-10-4-5-11-18(17)21(27)25(24-20)15-7-2-1-3-8-15/h1-12H,13-14H2,(H,23,26). The van der Waals surface area contributed by atoms with Gasteiger partial charge >= 0.3 is 5.97 Å². The normalized spacial score (nSPS) is 10.7. The summed E-state index contributed by atoms with van der Waals surface area (Å²) in [4.78, 5) is 38.6. The molecule has 0 aliphatic carbocycles. The molecule has 2 aromatic carbocycles. The van der Waals surface area contributed by atoms with E-state index in [1.807, 2.05) is 23.6 Å². The number of aromatic nitrogens is 2. The molecule has 0 radical (unpaired) electrons. The molecule has 0 spiro atoms. The van der Waals surface area contributed by atoms with Crippen LogP contribution < -0.4 is 10.9 Å². The minimum Gasteiger partial charge on any atom is -0.451 e. The molecule has 2 heterocycles. The van der Waals surface area contributed by atoms with E-state index in [1.165, 1.54) is 11.3 Å². The van der Waals surface area contributed by atoms with Gasteiger partial charge in [0.15, 0.2) is 12.3 Å². The summed E-state index contributed by atoms with van der Waals surface area (Å²) < 4.78 is 6.34. The van der Waals surface area contributed by atoms with Crippen LogP contribution in [0.4, 0.5) is 0 Å². The van der Waals surface area contributed by atoms with Crippen molar-refractivity contribution >= 4 is 34.0 Å². The number of esters is 1. The van der Waals surface area contributed by atoms with Gasteiger partial charge < -0.3 is 10.1 Å². The third-order valence-corrected chi connectivity index (χ3v) is 5.25. The van der Waals surface area contributed by atoms with E-state index in [-0.39, 0.29) is 11.3 Å². The van der Waals surface area contributed by atoms with Crippen LogP contribution in [0.5, 0.6) is 0 Å². The number of rotatable bonds is 6. The van der Waals surface area contributed by atoms with Gasteiger partial charge in [-0.25, -0.2) is 4.79 Å². The average Bonchev–Trinajstić information content (AvgIpc) is 3.31. The summed E-state index contributed by atoms with van der Waals surface area (Å²) in [5, 5.41) is 9.56. The minimum atomic E-state index is -0.776. The lowest BCUT2D eigenvalue weighted by Gasteiger charge is -2.11. The van der Waals surface area contributed by atoms with Crippen LogP contribution in [-0.2, 0) is 16.1 Å². The zero-order chi connectivity index (χ0) is 20.9. The van der Waals surface area contributed by atoms with E-state index in [4.69, 9.17) is 4.74 Å². The highest BCUT2D eigenvalue weighted by atomic mass is 32.1. The molecule has 30 heavy (non-hydrogen) atoms. The highest BCUT2D eigenvalue weighted by Crippen LogP contribution is 2.16. The van der Waals surface area contributed by atoms with Gasteiger partial charge in [-0.05, 0) is 29.6 Å². The van der Waals surface area contributed by atoms with E-state index in [1.54, 1.807) is 48.5 Å². The van der Waals surface area contributed by atoms with Crippen LogP contribution in [-0.4, -0.2) is 28.3 Å². The predicted molar refractivity (Wildman–Crippen MR) is 114 cm³/mol. The Morgan fingerprint density at radius 2 is 1.70 bits per heavy atom. The van der Waals surface area contributed by atoms with Crippen molar-refractivity contribution in [3.8, 4) is 5.69 Å². The van der Waals surface area contributed by atoms with Crippen molar-refractivity contribution in [1.29, 1.82) is 0 Å². The quantitative estimate of drug-likeness (QED) is 0.486. The van der Waals surface area contributed by atoms with Crippen LogP contribution in [0.2, 0.25) is 0 Å². The largest absolute Gasteiger partial charge is 0.451 e. The first-order valence-corrected chi connectivity index (χ1v) is 10.0. The maximum absolute atomic E-state index is 12.9. The number of nitrogens with one attached hydrogen (secondary N) is 1. The van der Waals surface area contributed by atoms with Crippen molar-refractivity contribution in [2.24, 2.45) is 0 Å². The summed E-state index contributed by atoms with van der Waals surface area (Å²) in [6.07, 6.45) is 0. The van der Waals surface area contributed by atoms with E-state index in [9.17, 15) is 14.4 Å². The molecule has 150 valence electrons. The molecule has 0 saturated heterocycles. The minimum absolute atomic E-state index is 0.0277. The van der Waals surface area contributed by atoms with Crippen molar-refractivity contribution in [3.05, 3.63) is 93.0 Å². The molecule has 0 bridgehead atoms. The van der Waals surface area contributed by atoms with Gasteiger partial charge in [0, 0.05) is 10.3 Å². The maximum atomic E-state index is 12.9. The van der Waals surface area contributed by atoms with E-state index in [2.05, 4.69) is 10.4 Å². The Hall–Kier alpha value is -3.78. The molecular formula is C22H17N3O4S. The highest BCUT2D eigenvalue weighted by molar-refractivity contribution is 7.09. The Morgan fingerprint density at radius 3 is 2.43 bits per heavy atom. The van der Waals surface area contributed by atoms with Gasteiger partial charge in [0.1, 0.15) is 0 Å². The van der Waals surface area contributed by atoms with Gasteiger partial charge in [-0.15, -0.1) is 11.3 Å². The van der Waals surface area contributed by atoms with Crippen LogP contribution >= 0.6 is 11.3 Å². The van der Waals surface area contributed by atoms with E-state index >= 15 is 0 Å². The fourth-order valence-electron chi connectivity index (χ4n) is 2.93. The number of carbonyl (C=O) groups excluding carboxylic acids is 2. The van der Waals surface area contributed by atoms with E-state index in [0.717, 1.165) is 9.56 Å². The molecule has 0 saturated carbocycles. The average molecular weight is 419 g/mol. The second kappa shape index (κ2) is 8.71. The number of para-hydroxylation sites is 1. The second-order valence-electron chi connectivity index (χ2n) is 6.38. The molecule has 0 aliphatic heterocycles. The molecule has 1 N–H and O–H groups in total. The van der Waals surface area contributed by atoms with Crippen molar-refractivity contribution < 1.29 is 14.3 Å². The zero-order valence-corrected chi connectivity index (χ0v) is 16.6. The molecule has 0 aliphatic rings. The van der Waals surface area contributed by atoms with Crippen molar-refractivity contribution in [1.82, 2.24) is 15.1 Å². The third-order valence-electron chi connectivity index (χ3n) is 4.37. The lowest BCUT2D eigenvalue weighted by Crippen LogP contribution is -2.29. The number of nitrogens with zero attached hydrogens (tertiary/aromatic N) is 2. The lowest BCUT2D eigenvalue weighted by molar-refractivity contribution is -0.124. The lowest BCUT2D eigenvalue weighted by atomic mass is 10.1. The van der Waals surface area contributed by atoms with E-state index < -0.39 is 18.5 Å². The molecular weight excluding hydrogens is 402 g/mol. The molecule has 4 rings (SSSR count). The molecule has 4 aromatic rings. The van der Waals surface area contributed by atoms with Crippen LogP contribution in [0.15, 0.2) is 76.9 Å². The van der Waals surface area contributed by atoms with Crippen LogP contribution in [0.1, 0.15) is 15.4 Å². The molecule has 0 unspecified atom stereocenters. The number of amides is 1. The van der Waals surface area contributed by atoms with Crippen LogP contribution in [0, 0.1) is 0 Å². The van der Waals surface area contributed by atoms with Crippen molar-refractivity contribution in [2.75, 3.05) is 6.61 Å². The van der Waals surface area contributed by atoms with Gasteiger partial charge in [0.2, 0.25) is 0 Å². The molecule has 1 amide bonds. The number of thiophene rings is 1. The van der Waals surface area contributed by atoms with Gasteiger partial charge in [-0.1, -0.05) is 42.5 Å². The number of hydrogen-bond donors (Lipinski definition) is 1. The molecule has 2 aromatic heterocycles. The first-order chi connectivity index (χ1) is 14.6. The smallest absolute Gasteiger partial charge is 0.359 e. The first-order valence-electron chi connectivity index (χ1n) is 9.17. The summed E-state index contributed by atoms with van der Waals surface area (Å²) in [7, 11) is 0. The number of carbonyl (C=O) groups is 2. The predicted octanol–water partition coefficient (Wildman–Crippen LogP) is 2.92. The van der Waals surface area contributed by atoms with Gasteiger partial charge in [0.05, 0.1) is 17.6 Å². The summed E-state index contributed by atoms with van der Waals surface area (Å²) in [5.41, 5.74) is 0.151. The molecule has 0 fully saturated rings. The summed E-state index contributed by atoms with van der Waals surface area (Å²) in [5.74, 6) is -1.19. The SMILES string of the molecule is O=C(COC(=O)c1nn(-c2ccccc2)c(=O)c2ccccc12)NCc1cccs1. The number of hydrogen-bond acceptors (Lipinski definition) is 6. The topological polar surface area (TPSA) is 90.3 Å². The van der Waals surface area contributed by atoms with Gasteiger partial charge in [-0.2, -0.15) is 9.78 Å². The van der Waals surface area contributed by atoms with Crippen LogP contribution in [0.3, 0.4) is 0 Å². The van der Waals surface area contributed by atoms with Crippen LogP contribution in [0.25, 0.3) is 16.5 Å². The Balaban J connectivity index is 1.58. The highest BCUT2D eigenvalue weighted by Gasteiger charge is 2.19. The fourth-order valence-corrected chi connectivity index (χ4v) is 3.58. The molecule has 0 atom stereocenters. The fraction of sp³-hybridized carbons (Fsp3) is 0.0909. The number of benzene rings is 2. The van der Waals surface area contributed by atoms with Crippen molar-refractivity contribution in [3.63, 3.8) is 0 Å². The monoisotopic (exact) mass is 419 g/mol. The van der Waals surface area contributed by atoms with Gasteiger partial charge in [0.25, 0.3) is 11.5 Å². The molecule has 8 heteroatoms. The summed E-state index contributed by atoms with van der Waals surface area (Å²) >= 11 is 1.52. The molecule has 7 nitrogen and oxygen atoms in total. The number of fused-ring (bicyclic) bond motifs is 1. The Bertz CT molecular complexity index is 1250. The van der Waals surface area contributed by atoms with Crippen molar-refractivity contribution in [2.45, 2.75) is 6.54 Å². The summed E-state index contributed by atoms with van der Waals surface area (Å²) in [6, 6.07) is 19.3. The second-order valence-corrected chi connectivity index (χ2v) is 7.41. The zero-order valence-electron chi connectivity index (χ0n) is 15.8.